The summed E-state index contributed by atoms with van der Waals surface area (Å²) in [5.41, 5.74) is 1.75. The first-order valence-corrected chi connectivity index (χ1v) is 12.8. The van der Waals surface area contributed by atoms with E-state index in [4.69, 9.17) is 9.47 Å². The summed E-state index contributed by atoms with van der Waals surface area (Å²) in [6.45, 7) is 5.25. The normalized spacial score (nSPS) is 14.6. The molecule has 0 atom stereocenters. The summed E-state index contributed by atoms with van der Waals surface area (Å²) in [6.07, 6.45) is 0.0352. The molecule has 0 spiro atoms. The molecule has 1 aliphatic rings. The molecular weight excluding hydrogens is 458 g/mol. The van der Waals surface area contributed by atoms with Crippen molar-refractivity contribution in [2.24, 2.45) is 0 Å². The molecule has 0 saturated carbocycles. The lowest BCUT2D eigenvalue weighted by Crippen LogP contribution is -2.41. The smallest absolute Gasteiger partial charge is 0.251 e. The summed E-state index contributed by atoms with van der Waals surface area (Å²) in [4.78, 5) is 24.6. The lowest BCUT2D eigenvalue weighted by Gasteiger charge is -2.26. The number of ether oxygens (including phenoxy) is 2. The molecule has 1 fully saturated rings. The van der Waals surface area contributed by atoms with E-state index >= 15 is 0 Å². The van der Waals surface area contributed by atoms with E-state index in [1.54, 1.807) is 48.5 Å². The zero-order valence-corrected chi connectivity index (χ0v) is 20.3. The largest absolute Gasteiger partial charge is 0.491 e. The van der Waals surface area contributed by atoms with Gasteiger partial charge < -0.3 is 20.1 Å². The van der Waals surface area contributed by atoms with Gasteiger partial charge >= 0.3 is 0 Å². The van der Waals surface area contributed by atoms with Gasteiger partial charge in [0, 0.05) is 25.2 Å². The van der Waals surface area contributed by atoms with E-state index in [1.165, 1.54) is 4.31 Å². The zero-order chi connectivity index (χ0) is 24.6. The number of hydrogen-bond acceptors (Lipinski definition) is 6. The van der Waals surface area contributed by atoms with Crippen molar-refractivity contribution in [2.75, 3.05) is 32.8 Å². The van der Waals surface area contributed by atoms with Crippen LogP contribution in [0.2, 0.25) is 0 Å². The summed E-state index contributed by atoms with van der Waals surface area (Å²) in [5.74, 6) is -0.229. The van der Waals surface area contributed by atoms with Gasteiger partial charge in [-0.1, -0.05) is 24.3 Å². The molecule has 1 aliphatic heterocycles. The quantitative estimate of drug-likeness (QED) is 0.525. The molecule has 3 rings (SSSR count). The average Bonchev–Trinajstić information content (AvgIpc) is 2.82. The topological polar surface area (TPSA) is 114 Å². The van der Waals surface area contributed by atoms with Gasteiger partial charge in [0.05, 0.1) is 31.6 Å². The van der Waals surface area contributed by atoms with Gasteiger partial charge in [-0.2, -0.15) is 4.31 Å². The van der Waals surface area contributed by atoms with Gasteiger partial charge in [0.15, 0.2) is 0 Å². The molecule has 10 heteroatoms. The number of carbonyl (C=O) groups is 2. The Balaban J connectivity index is 1.50. The lowest BCUT2D eigenvalue weighted by atomic mass is 10.1. The van der Waals surface area contributed by atoms with E-state index in [-0.39, 0.29) is 36.8 Å². The van der Waals surface area contributed by atoms with Crippen molar-refractivity contribution in [3.63, 3.8) is 0 Å². The fourth-order valence-corrected chi connectivity index (χ4v) is 5.02. The van der Waals surface area contributed by atoms with Crippen LogP contribution in [0, 0.1) is 0 Å². The Morgan fingerprint density at radius 1 is 1.00 bits per heavy atom. The van der Waals surface area contributed by atoms with Crippen molar-refractivity contribution in [3.8, 4) is 5.75 Å². The maximum absolute atomic E-state index is 12.8. The second-order valence-corrected chi connectivity index (χ2v) is 10.2. The fraction of sp³-hybridized carbons (Fsp3) is 0.417. The minimum atomic E-state index is -3.48. The molecule has 2 aromatic carbocycles. The highest BCUT2D eigenvalue weighted by Crippen LogP contribution is 2.17. The molecule has 0 aromatic heterocycles. The van der Waals surface area contributed by atoms with Gasteiger partial charge in [-0.25, -0.2) is 8.42 Å². The van der Waals surface area contributed by atoms with Crippen LogP contribution in [0.1, 0.15) is 35.3 Å². The van der Waals surface area contributed by atoms with Crippen molar-refractivity contribution < 1.29 is 27.5 Å². The molecule has 1 saturated heterocycles. The predicted molar refractivity (Wildman–Crippen MR) is 128 cm³/mol. The molecule has 0 radical (unpaired) electrons. The minimum absolute atomic E-state index is 0.0352. The highest BCUT2D eigenvalue weighted by Gasteiger charge is 2.25. The van der Waals surface area contributed by atoms with E-state index in [0.717, 1.165) is 0 Å². The Morgan fingerprint density at radius 3 is 2.29 bits per heavy atom. The summed E-state index contributed by atoms with van der Waals surface area (Å²) in [7, 11) is -3.48. The molecule has 0 unspecified atom stereocenters. The van der Waals surface area contributed by atoms with Crippen LogP contribution in [0.15, 0.2) is 48.5 Å². The predicted octanol–water partition coefficient (Wildman–Crippen LogP) is 1.68. The van der Waals surface area contributed by atoms with E-state index < -0.39 is 10.0 Å². The van der Waals surface area contributed by atoms with Crippen molar-refractivity contribution in [1.29, 1.82) is 0 Å². The van der Waals surface area contributed by atoms with Crippen LogP contribution in [0.4, 0.5) is 0 Å². The SMILES string of the molecule is CC(C)Oc1ccc(C(=O)NCC(=O)NCc2ccccc2CS(=O)(=O)N2CCOCC2)cc1. The minimum Gasteiger partial charge on any atom is -0.491 e. The number of sulfonamides is 1. The number of nitrogens with one attached hydrogen (secondary N) is 2. The molecule has 184 valence electrons. The third-order valence-corrected chi connectivity index (χ3v) is 7.02. The maximum Gasteiger partial charge on any atom is 0.251 e. The third kappa shape index (κ3) is 7.54. The monoisotopic (exact) mass is 489 g/mol. The van der Waals surface area contributed by atoms with E-state index in [9.17, 15) is 18.0 Å². The number of benzene rings is 2. The van der Waals surface area contributed by atoms with Crippen molar-refractivity contribution in [2.45, 2.75) is 32.2 Å². The van der Waals surface area contributed by atoms with Crippen molar-refractivity contribution in [3.05, 3.63) is 65.2 Å². The Labute approximate surface area is 200 Å². The van der Waals surface area contributed by atoms with Gasteiger partial charge in [0.1, 0.15) is 5.75 Å². The molecular formula is C24H31N3O6S. The summed E-state index contributed by atoms with van der Waals surface area (Å²) >= 11 is 0. The first kappa shape index (κ1) is 25.7. The Kier molecular flexibility index (Phi) is 9.03. The second kappa shape index (κ2) is 12.0. The van der Waals surface area contributed by atoms with Crippen LogP contribution in [0.5, 0.6) is 5.75 Å². The van der Waals surface area contributed by atoms with E-state index in [1.807, 2.05) is 13.8 Å². The first-order valence-electron chi connectivity index (χ1n) is 11.2. The first-order chi connectivity index (χ1) is 16.2. The van der Waals surface area contributed by atoms with Gasteiger partial charge in [0.2, 0.25) is 15.9 Å². The van der Waals surface area contributed by atoms with Crippen LogP contribution < -0.4 is 15.4 Å². The Bertz CT molecular complexity index is 1080. The van der Waals surface area contributed by atoms with E-state index in [2.05, 4.69) is 10.6 Å². The highest BCUT2D eigenvalue weighted by atomic mass is 32.2. The summed E-state index contributed by atoms with van der Waals surface area (Å²) in [5, 5.41) is 5.33. The van der Waals surface area contributed by atoms with Gasteiger partial charge in [0.25, 0.3) is 5.91 Å². The third-order valence-electron chi connectivity index (χ3n) is 5.19. The zero-order valence-electron chi connectivity index (χ0n) is 19.5. The number of nitrogens with zero attached hydrogens (tertiary/aromatic N) is 1. The van der Waals surface area contributed by atoms with Crippen LogP contribution >= 0.6 is 0 Å². The van der Waals surface area contributed by atoms with Crippen molar-refractivity contribution >= 4 is 21.8 Å². The van der Waals surface area contributed by atoms with Crippen LogP contribution in [-0.4, -0.2) is 63.5 Å². The number of carbonyl (C=O) groups excluding carboxylic acids is 2. The second-order valence-electron chi connectivity index (χ2n) is 8.19. The molecule has 9 nitrogen and oxygen atoms in total. The summed E-state index contributed by atoms with van der Waals surface area (Å²) in [6, 6.07) is 13.8. The number of amides is 2. The highest BCUT2D eigenvalue weighted by molar-refractivity contribution is 7.88. The molecule has 0 bridgehead atoms. The molecule has 2 aromatic rings. The number of rotatable bonds is 10. The van der Waals surface area contributed by atoms with Crippen LogP contribution in [-0.2, 0) is 31.9 Å². The number of morpholine rings is 1. The molecule has 2 N–H and O–H groups in total. The Morgan fingerprint density at radius 2 is 1.65 bits per heavy atom. The fourth-order valence-electron chi connectivity index (χ4n) is 3.46. The molecule has 1 heterocycles. The maximum atomic E-state index is 12.8. The van der Waals surface area contributed by atoms with Crippen LogP contribution in [0.3, 0.4) is 0 Å². The molecule has 34 heavy (non-hydrogen) atoms. The average molecular weight is 490 g/mol. The molecule has 0 aliphatic carbocycles. The van der Waals surface area contributed by atoms with Gasteiger partial charge in [-0.05, 0) is 49.2 Å². The van der Waals surface area contributed by atoms with E-state index in [0.29, 0.717) is 48.7 Å². The van der Waals surface area contributed by atoms with Crippen molar-refractivity contribution in [1.82, 2.24) is 14.9 Å². The molecule has 2 amide bonds. The van der Waals surface area contributed by atoms with Gasteiger partial charge in [-0.3, -0.25) is 9.59 Å². The van der Waals surface area contributed by atoms with Crippen LogP contribution in [0.25, 0.3) is 0 Å². The standard InChI is InChI=1S/C24H31N3O6S/c1-18(2)33-22-9-7-19(8-10-22)24(29)26-16-23(28)25-15-20-5-3-4-6-21(20)17-34(30,31)27-11-13-32-14-12-27/h3-10,18H,11-17H2,1-2H3,(H,25,28)(H,26,29). The van der Waals surface area contributed by atoms with Gasteiger partial charge in [-0.15, -0.1) is 0 Å². The Hall–Kier alpha value is -2.95. The summed E-state index contributed by atoms with van der Waals surface area (Å²) < 4.78 is 37.7. The number of hydrogen-bond donors (Lipinski definition) is 2. The lowest BCUT2D eigenvalue weighted by molar-refractivity contribution is -0.120.